The van der Waals surface area contributed by atoms with Crippen LogP contribution in [-0.4, -0.2) is 29.3 Å². The Morgan fingerprint density at radius 2 is 2.13 bits per heavy atom. The predicted octanol–water partition coefficient (Wildman–Crippen LogP) is 1.44. The quantitative estimate of drug-likeness (QED) is 0.818. The first-order chi connectivity index (χ1) is 7.11. The van der Waals surface area contributed by atoms with Crippen molar-refractivity contribution in [2.24, 2.45) is 0 Å². The van der Waals surface area contributed by atoms with E-state index in [0.29, 0.717) is 11.7 Å². The van der Waals surface area contributed by atoms with Gasteiger partial charge in [-0.3, -0.25) is 5.32 Å². The molecule has 6 heteroatoms. The first-order valence-corrected chi connectivity index (χ1v) is 4.45. The smallest absolute Gasteiger partial charge is 0.413 e. The van der Waals surface area contributed by atoms with Crippen molar-refractivity contribution in [3.8, 4) is 5.88 Å². The van der Waals surface area contributed by atoms with Crippen LogP contribution in [0.4, 0.5) is 10.6 Å². The summed E-state index contributed by atoms with van der Waals surface area (Å²) < 4.78 is 9.68. The normalized spacial score (nSPS) is 9.87. The Morgan fingerprint density at radius 1 is 1.40 bits per heavy atom. The number of ether oxygens (including phenoxy) is 2. The summed E-state index contributed by atoms with van der Waals surface area (Å²) in [6.07, 6.45) is 2.08. The van der Waals surface area contributed by atoms with Crippen molar-refractivity contribution in [2.75, 3.05) is 12.4 Å². The molecule has 1 amide bonds. The van der Waals surface area contributed by atoms with Crippen LogP contribution in [0.5, 0.6) is 5.88 Å². The van der Waals surface area contributed by atoms with Gasteiger partial charge in [0.05, 0.1) is 25.6 Å². The fraction of sp³-hybridized carbons (Fsp3) is 0.444. The maximum absolute atomic E-state index is 11.1. The predicted molar refractivity (Wildman–Crippen MR) is 53.8 cm³/mol. The zero-order valence-corrected chi connectivity index (χ0v) is 8.85. The zero-order valence-electron chi connectivity index (χ0n) is 8.85. The van der Waals surface area contributed by atoms with Crippen LogP contribution in [0.2, 0.25) is 0 Å². The molecule has 82 valence electrons. The number of hydrogen-bond donors (Lipinski definition) is 1. The van der Waals surface area contributed by atoms with Gasteiger partial charge in [0.15, 0.2) is 5.82 Å². The second-order valence-corrected chi connectivity index (χ2v) is 3.02. The lowest BCUT2D eigenvalue weighted by Gasteiger charge is -2.08. The maximum Gasteiger partial charge on any atom is 0.413 e. The molecule has 0 aliphatic heterocycles. The monoisotopic (exact) mass is 211 g/mol. The number of aromatic nitrogens is 2. The van der Waals surface area contributed by atoms with Gasteiger partial charge in [-0.05, 0) is 13.8 Å². The third-order valence-electron chi connectivity index (χ3n) is 1.41. The summed E-state index contributed by atoms with van der Waals surface area (Å²) in [5, 5.41) is 2.43. The number of hydrogen-bond acceptors (Lipinski definition) is 5. The Hall–Kier alpha value is -1.85. The fourth-order valence-electron chi connectivity index (χ4n) is 0.834. The van der Waals surface area contributed by atoms with Crippen LogP contribution in [0.3, 0.4) is 0 Å². The SMILES string of the molecule is COc1cnc(NC(=O)OC(C)C)cn1. The highest BCUT2D eigenvalue weighted by Crippen LogP contribution is 2.06. The van der Waals surface area contributed by atoms with Gasteiger partial charge in [-0.1, -0.05) is 0 Å². The average molecular weight is 211 g/mol. The van der Waals surface area contributed by atoms with E-state index >= 15 is 0 Å². The number of nitrogens with zero attached hydrogens (tertiary/aromatic N) is 2. The molecule has 1 rings (SSSR count). The van der Waals surface area contributed by atoms with Crippen LogP contribution in [0.15, 0.2) is 12.4 Å². The number of amides is 1. The molecule has 1 heterocycles. The lowest BCUT2D eigenvalue weighted by Crippen LogP contribution is -2.18. The molecule has 0 fully saturated rings. The highest BCUT2D eigenvalue weighted by atomic mass is 16.6. The summed E-state index contributed by atoms with van der Waals surface area (Å²) in [5.74, 6) is 0.708. The highest BCUT2D eigenvalue weighted by Gasteiger charge is 2.06. The minimum Gasteiger partial charge on any atom is -0.480 e. The Morgan fingerprint density at radius 3 is 2.60 bits per heavy atom. The summed E-state index contributed by atoms with van der Waals surface area (Å²) in [7, 11) is 1.49. The summed E-state index contributed by atoms with van der Waals surface area (Å²) in [4.78, 5) is 18.9. The first-order valence-electron chi connectivity index (χ1n) is 4.45. The van der Waals surface area contributed by atoms with Crippen LogP contribution >= 0.6 is 0 Å². The molecule has 0 atom stereocenters. The Bertz CT molecular complexity index is 324. The molecule has 0 bridgehead atoms. The van der Waals surface area contributed by atoms with Gasteiger partial charge in [0, 0.05) is 0 Å². The van der Waals surface area contributed by atoms with E-state index in [0.717, 1.165) is 0 Å². The molecular weight excluding hydrogens is 198 g/mol. The van der Waals surface area contributed by atoms with Crippen molar-refractivity contribution in [3.05, 3.63) is 12.4 Å². The fourth-order valence-corrected chi connectivity index (χ4v) is 0.834. The van der Waals surface area contributed by atoms with Crippen molar-refractivity contribution in [1.29, 1.82) is 0 Å². The summed E-state index contributed by atoms with van der Waals surface area (Å²) in [6, 6.07) is 0. The molecule has 6 nitrogen and oxygen atoms in total. The van der Waals surface area contributed by atoms with Crippen LogP contribution in [-0.2, 0) is 4.74 Å². The van der Waals surface area contributed by atoms with Crippen molar-refractivity contribution in [3.63, 3.8) is 0 Å². The molecule has 0 radical (unpaired) electrons. The third kappa shape index (κ3) is 3.80. The molecule has 0 saturated heterocycles. The Balaban J connectivity index is 2.53. The van der Waals surface area contributed by atoms with E-state index in [1.807, 2.05) is 0 Å². The number of rotatable bonds is 3. The molecule has 0 aliphatic carbocycles. The van der Waals surface area contributed by atoms with Gasteiger partial charge in [0.25, 0.3) is 0 Å². The second kappa shape index (κ2) is 5.14. The molecule has 1 aromatic heterocycles. The number of anilines is 1. The van der Waals surface area contributed by atoms with Gasteiger partial charge < -0.3 is 9.47 Å². The van der Waals surface area contributed by atoms with Crippen LogP contribution in [0.1, 0.15) is 13.8 Å². The number of carbonyl (C=O) groups excluding carboxylic acids is 1. The van der Waals surface area contributed by atoms with E-state index in [1.54, 1.807) is 13.8 Å². The number of methoxy groups -OCH3 is 1. The summed E-state index contributed by atoms with van der Waals surface area (Å²) in [6.45, 7) is 3.53. The van der Waals surface area contributed by atoms with Crippen molar-refractivity contribution >= 4 is 11.9 Å². The van der Waals surface area contributed by atoms with Gasteiger partial charge in [-0.15, -0.1) is 0 Å². The van der Waals surface area contributed by atoms with Gasteiger partial charge in [0.1, 0.15) is 0 Å². The van der Waals surface area contributed by atoms with Crippen LogP contribution < -0.4 is 10.1 Å². The topological polar surface area (TPSA) is 73.3 Å². The molecule has 0 saturated carbocycles. The van der Waals surface area contributed by atoms with Gasteiger partial charge in [-0.2, -0.15) is 0 Å². The number of nitrogens with one attached hydrogen (secondary N) is 1. The first kappa shape index (κ1) is 11.2. The van der Waals surface area contributed by atoms with E-state index < -0.39 is 6.09 Å². The van der Waals surface area contributed by atoms with E-state index in [9.17, 15) is 4.79 Å². The standard InChI is InChI=1S/C9H13N3O3/c1-6(2)15-9(13)12-7-4-11-8(14-3)5-10-7/h4-6H,1-3H3,(H,10,12,13). The second-order valence-electron chi connectivity index (χ2n) is 3.02. The molecule has 0 unspecified atom stereocenters. The van der Waals surface area contributed by atoms with Crippen molar-refractivity contribution in [1.82, 2.24) is 9.97 Å². The van der Waals surface area contributed by atoms with Gasteiger partial charge in [-0.25, -0.2) is 14.8 Å². The van der Waals surface area contributed by atoms with E-state index in [2.05, 4.69) is 15.3 Å². The van der Waals surface area contributed by atoms with Crippen LogP contribution in [0, 0.1) is 0 Å². The van der Waals surface area contributed by atoms with E-state index in [1.165, 1.54) is 19.5 Å². The molecule has 1 aromatic rings. The zero-order chi connectivity index (χ0) is 11.3. The average Bonchev–Trinajstić information content (AvgIpc) is 2.17. The summed E-state index contributed by atoms with van der Waals surface area (Å²) >= 11 is 0. The number of carbonyl (C=O) groups is 1. The molecule has 0 aromatic carbocycles. The van der Waals surface area contributed by atoms with Gasteiger partial charge in [0.2, 0.25) is 5.88 Å². The third-order valence-corrected chi connectivity index (χ3v) is 1.41. The van der Waals surface area contributed by atoms with E-state index in [-0.39, 0.29) is 6.10 Å². The lowest BCUT2D eigenvalue weighted by atomic mass is 10.5. The van der Waals surface area contributed by atoms with Crippen LogP contribution in [0.25, 0.3) is 0 Å². The molecule has 0 aliphatic rings. The Labute approximate surface area is 87.6 Å². The Kier molecular flexibility index (Phi) is 3.84. The highest BCUT2D eigenvalue weighted by molar-refractivity contribution is 5.83. The largest absolute Gasteiger partial charge is 0.480 e. The molecule has 0 spiro atoms. The van der Waals surface area contributed by atoms with Crippen molar-refractivity contribution in [2.45, 2.75) is 20.0 Å². The molecule has 1 N–H and O–H groups in total. The molecular formula is C9H13N3O3. The van der Waals surface area contributed by atoms with E-state index in [4.69, 9.17) is 9.47 Å². The maximum atomic E-state index is 11.1. The van der Waals surface area contributed by atoms with Crippen molar-refractivity contribution < 1.29 is 14.3 Å². The summed E-state index contributed by atoms with van der Waals surface area (Å²) in [5.41, 5.74) is 0. The minimum atomic E-state index is -0.551. The lowest BCUT2D eigenvalue weighted by molar-refractivity contribution is 0.130. The molecule has 15 heavy (non-hydrogen) atoms. The minimum absolute atomic E-state index is 0.170. The van der Waals surface area contributed by atoms with Gasteiger partial charge >= 0.3 is 6.09 Å².